The predicted molar refractivity (Wildman–Crippen MR) is 81.0 cm³/mol. The molecule has 0 unspecified atom stereocenters. The largest absolute Gasteiger partial charge is 0.453 e. The van der Waals surface area contributed by atoms with Crippen LogP contribution in [0, 0.1) is 6.92 Å². The summed E-state index contributed by atoms with van der Waals surface area (Å²) in [5.74, 6) is 2.13. The molecule has 1 N–H and O–H groups in total. The number of aliphatic hydroxyl groups is 1. The second kappa shape index (κ2) is 6.33. The normalized spacial score (nSPS) is 10.9. The molecule has 4 nitrogen and oxygen atoms in total. The van der Waals surface area contributed by atoms with E-state index in [1.165, 1.54) is 0 Å². The van der Waals surface area contributed by atoms with Gasteiger partial charge >= 0.3 is 0 Å². The van der Waals surface area contributed by atoms with Crippen molar-refractivity contribution in [3.05, 3.63) is 46.0 Å². The Balaban J connectivity index is 2.33. The number of aromatic nitrogens is 2. The average molecular weight is 337 g/mol. The number of nitrogens with zero attached hydrogens (tertiary/aromatic N) is 2. The molecule has 2 aromatic rings. The van der Waals surface area contributed by atoms with Crippen LogP contribution in [0.2, 0.25) is 0 Å². The van der Waals surface area contributed by atoms with Crippen LogP contribution in [0.25, 0.3) is 0 Å². The van der Waals surface area contributed by atoms with E-state index in [1.807, 2.05) is 39.0 Å². The Bertz CT molecular complexity index is 615. The van der Waals surface area contributed by atoms with Crippen LogP contribution in [0.3, 0.4) is 0 Å². The molecule has 20 heavy (non-hydrogen) atoms. The lowest BCUT2D eigenvalue weighted by Crippen LogP contribution is -2.04. The number of aliphatic hydroxyl groups excluding tert-OH is 1. The zero-order valence-corrected chi connectivity index (χ0v) is 13.3. The molecule has 5 heteroatoms. The second-order valence-corrected chi connectivity index (χ2v) is 5.78. The highest BCUT2D eigenvalue weighted by atomic mass is 79.9. The third kappa shape index (κ3) is 3.35. The summed E-state index contributed by atoms with van der Waals surface area (Å²) in [6, 6.07) is 5.75. The molecule has 0 bridgehead atoms. The van der Waals surface area contributed by atoms with E-state index in [0.717, 1.165) is 15.8 Å². The van der Waals surface area contributed by atoms with E-state index in [2.05, 4.69) is 25.9 Å². The maximum atomic E-state index is 9.44. The average Bonchev–Trinajstić information content (AvgIpc) is 2.42. The number of hydrogen-bond acceptors (Lipinski definition) is 4. The minimum absolute atomic E-state index is 0.173. The summed E-state index contributed by atoms with van der Waals surface area (Å²) >= 11 is 3.42. The molecule has 0 amide bonds. The highest BCUT2D eigenvalue weighted by Gasteiger charge is 2.12. The van der Waals surface area contributed by atoms with Crippen molar-refractivity contribution in [2.45, 2.75) is 33.3 Å². The lowest BCUT2D eigenvalue weighted by molar-refractivity contribution is 0.269. The van der Waals surface area contributed by atoms with Gasteiger partial charge in [-0.3, -0.25) is 0 Å². The Labute approximate surface area is 127 Å². The van der Waals surface area contributed by atoms with E-state index in [-0.39, 0.29) is 12.5 Å². The van der Waals surface area contributed by atoms with Gasteiger partial charge in [-0.25, -0.2) is 9.97 Å². The molecule has 0 aliphatic rings. The maximum Gasteiger partial charge on any atom is 0.169 e. The molecule has 2 rings (SSSR count). The summed E-state index contributed by atoms with van der Waals surface area (Å²) in [6.07, 6.45) is 1.62. The summed E-state index contributed by atoms with van der Waals surface area (Å²) in [4.78, 5) is 8.61. The van der Waals surface area contributed by atoms with E-state index >= 15 is 0 Å². The highest BCUT2D eigenvalue weighted by Crippen LogP contribution is 2.29. The fourth-order valence-electron chi connectivity index (χ4n) is 1.74. The first-order chi connectivity index (χ1) is 9.51. The first-order valence-corrected chi connectivity index (χ1v) is 7.21. The fourth-order valence-corrected chi connectivity index (χ4v) is 2.22. The van der Waals surface area contributed by atoms with Gasteiger partial charge in [0.1, 0.15) is 17.3 Å². The molecule has 0 aliphatic heterocycles. The summed E-state index contributed by atoms with van der Waals surface area (Å²) in [7, 11) is 0. The van der Waals surface area contributed by atoms with E-state index in [0.29, 0.717) is 17.3 Å². The van der Waals surface area contributed by atoms with Crippen LogP contribution in [0.4, 0.5) is 0 Å². The third-order valence-corrected chi connectivity index (χ3v) is 3.36. The number of hydrogen-bond donors (Lipinski definition) is 1. The maximum absolute atomic E-state index is 9.44. The summed E-state index contributed by atoms with van der Waals surface area (Å²) < 4.78 is 6.81. The quantitative estimate of drug-likeness (QED) is 0.918. The number of aryl methyl sites for hydroxylation is 1. The topological polar surface area (TPSA) is 55.2 Å². The molecule has 1 aromatic heterocycles. The molecule has 0 spiro atoms. The summed E-state index contributed by atoms with van der Waals surface area (Å²) in [6.45, 7) is 5.81. The second-order valence-electron chi connectivity index (χ2n) is 4.86. The van der Waals surface area contributed by atoms with Crippen LogP contribution < -0.4 is 4.74 Å². The Morgan fingerprint density at radius 3 is 2.65 bits per heavy atom. The molecule has 1 aromatic carbocycles. The van der Waals surface area contributed by atoms with Crippen molar-refractivity contribution in [1.82, 2.24) is 9.97 Å². The number of halogens is 1. The van der Waals surface area contributed by atoms with Crippen molar-refractivity contribution in [3.63, 3.8) is 0 Å². The van der Waals surface area contributed by atoms with Crippen LogP contribution in [0.15, 0.2) is 28.9 Å². The minimum Gasteiger partial charge on any atom is -0.453 e. The summed E-state index contributed by atoms with van der Waals surface area (Å²) in [5.41, 5.74) is 1.50. The molecule has 0 atom stereocenters. The van der Waals surface area contributed by atoms with Crippen LogP contribution in [0.5, 0.6) is 11.5 Å². The summed E-state index contributed by atoms with van der Waals surface area (Å²) in [5, 5.41) is 9.44. The molecule has 1 heterocycles. The molecular weight excluding hydrogens is 320 g/mol. The van der Waals surface area contributed by atoms with Crippen molar-refractivity contribution in [2.24, 2.45) is 0 Å². The van der Waals surface area contributed by atoms with Crippen molar-refractivity contribution in [3.8, 4) is 11.5 Å². The molecule has 0 saturated heterocycles. The monoisotopic (exact) mass is 336 g/mol. The van der Waals surface area contributed by atoms with Gasteiger partial charge in [0, 0.05) is 10.4 Å². The van der Waals surface area contributed by atoms with Crippen LogP contribution in [-0.4, -0.2) is 15.1 Å². The zero-order chi connectivity index (χ0) is 14.7. The van der Waals surface area contributed by atoms with Crippen LogP contribution >= 0.6 is 15.9 Å². The Morgan fingerprint density at radius 2 is 2.05 bits per heavy atom. The van der Waals surface area contributed by atoms with E-state index < -0.39 is 0 Å². The Hall–Kier alpha value is -1.46. The number of benzene rings is 1. The molecule has 0 radical (unpaired) electrons. The van der Waals surface area contributed by atoms with E-state index in [9.17, 15) is 5.11 Å². The van der Waals surface area contributed by atoms with Crippen molar-refractivity contribution < 1.29 is 9.84 Å². The van der Waals surface area contributed by atoms with Crippen LogP contribution in [-0.2, 0) is 6.61 Å². The SMILES string of the molecule is Cc1cc(Br)ccc1Oc1cnc(C(C)C)nc1CO. The van der Waals surface area contributed by atoms with Gasteiger partial charge in [-0.05, 0) is 30.7 Å². The van der Waals surface area contributed by atoms with Crippen molar-refractivity contribution in [1.29, 1.82) is 0 Å². The van der Waals surface area contributed by atoms with Gasteiger partial charge < -0.3 is 9.84 Å². The van der Waals surface area contributed by atoms with Crippen molar-refractivity contribution in [2.75, 3.05) is 0 Å². The molecule has 0 fully saturated rings. The van der Waals surface area contributed by atoms with Gasteiger partial charge in [0.25, 0.3) is 0 Å². The Morgan fingerprint density at radius 1 is 1.30 bits per heavy atom. The lowest BCUT2D eigenvalue weighted by Gasteiger charge is -2.13. The van der Waals surface area contributed by atoms with Crippen LogP contribution in [0.1, 0.15) is 36.8 Å². The standard InChI is InChI=1S/C15H17BrN2O2/c1-9(2)15-17-7-14(12(8-19)18-15)20-13-5-4-11(16)6-10(13)3/h4-7,9,19H,8H2,1-3H3. The van der Waals surface area contributed by atoms with Gasteiger partial charge in [0.15, 0.2) is 5.75 Å². The number of ether oxygens (including phenoxy) is 1. The van der Waals surface area contributed by atoms with Gasteiger partial charge in [-0.1, -0.05) is 29.8 Å². The van der Waals surface area contributed by atoms with Gasteiger partial charge in [0.05, 0.1) is 12.8 Å². The lowest BCUT2D eigenvalue weighted by atomic mass is 10.2. The Kier molecular flexibility index (Phi) is 4.73. The van der Waals surface area contributed by atoms with Gasteiger partial charge in [0.2, 0.25) is 0 Å². The molecule has 0 saturated carbocycles. The van der Waals surface area contributed by atoms with Crippen molar-refractivity contribution >= 4 is 15.9 Å². The first-order valence-electron chi connectivity index (χ1n) is 6.42. The fraction of sp³-hybridized carbons (Fsp3) is 0.333. The minimum atomic E-state index is -0.173. The number of rotatable bonds is 4. The zero-order valence-electron chi connectivity index (χ0n) is 11.7. The predicted octanol–water partition coefficient (Wildman–Crippen LogP) is 3.96. The smallest absolute Gasteiger partial charge is 0.169 e. The molecule has 0 aliphatic carbocycles. The van der Waals surface area contributed by atoms with Gasteiger partial charge in [-0.15, -0.1) is 0 Å². The molecular formula is C15H17BrN2O2. The highest BCUT2D eigenvalue weighted by molar-refractivity contribution is 9.10. The van der Waals surface area contributed by atoms with E-state index in [1.54, 1.807) is 6.20 Å². The molecule has 106 valence electrons. The van der Waals surface area contributed by atoms with Gasteiger partial charge in [-0.2, -0.15) is 0 Å². The first kappa shape index (κ1) is 14.9. The van der Waals surface area contributed by atoms with E-state index in [4.69, 9.17) is 4.74 Å². The third-order valence-electron chi connectivity index (χ3n) is 2.87.